The highest BCUT2D eigenvalue weighted by atomic mass is 32.2. The number of amides is 1. The molecule has 2 aliphatic rings. The number of piperidine rings is 1. The van der Waals surface area contributed by atoms with Crippen molar-refractivity contribution in [1.29, 1.82) is 0 Å². The molecule has 0 bridgehead atoms. The number of carbonyl (C=O) groups excluding carboxylic acids is 1. The largest absolute Gasteiger partial charge is 0.346 e. The van der Waals surface area contributed by atoms with E-state index in [2.05, 4.69) is 22.1 Å². The molecule has 3 rings (SSSR count). The van der Waals surface area contributed by atoms with Gasteiger partial charge in [0, 0.05) is 18.8 Å². The minimum Gasteiger partial charge on any atom is -0.338 e. The Morgan fingerprint density at radius 2 is 2.22 bits per heavy atom. The maximum absolute atomic E-state index is 13.1. The number of aromatic nitrogens is 2. The minimum atomic E-state index is -0.393. The molecule has 124 valence electrons. The number of allylic oxidation sites excluding steroid dienone is 2. The number of likely N-dealkylation sites (tertiary alicyclic amines) is 1. The second-order valence-electron chi connectivity index (χ2n) is 6.60. The number of H-pyrrole nitrogens is 1. The third kappa shape index (κ3) is 3.22. The Labute approximate surface area is 140 Å². The lowest BCUT2D eigenvalue weighted by Crippen LogP contribution is -2.47. The van der Waals surface area contributed by atoms with Crippen molar-refractivity contribution in [3.63, 3.8) is 0 Å². The molecule has 1 aliphatic heterocycles. The first-order chi connectivity index (χ1) is 11.0. The number of nitrogens with zero attached hydrogens (tertiary/aromatic N) is 2. The summed E-state index contributed by atoms with van der Waals surface area (Å²) in [5.41, 5.74) is 1.02. The zero-order valence-corrected chi connectivity index (χ0v) is 14.5. The first-order valence-corrected chi connectivity index (χ1v) is 9.36. The fraction of sp³-hybridized carbons (Fsp3) is 0.588. The second kappa shape index (κ2) is 6.51. The van der Waals surface area contributed by atoms with E-state index in [4.69, 9.17) is 0 Å². The molecule has 1 saturated heterocycles. The summed E-state index contributed by atoms with van der Waals surface area (Å²) in [6.07, 6.45) is 11.9. The van der Waals surface area contributed by atoms with Gasteiger partial charge in [-0.3, -0.25) is 4.79 Å². The molecule has 2 heterocycles. The van der Waals surface area contributed by atoms with Gasteiger partial charge in [-0.2, -0.15) is 4.98 Å². The molecule has 1 amide bonds. The molecular weight excluding hydrogens is 310 g/mol. The monoisotopic (exact) mass is 333 g/mol. The molecular formula is C17H23N3O2S. The average Bonchev–Trinajstić information content (AvgIpc) is 2.54. The Morgan fingerprint density at radius 1 is 1.39 bits per heavy atom. The summed E-state index contributed by atoms with van der Waals surface area (Å²) < 4.78 is 0. The topological polar surface area (TPSA) is 66.1 Å². The van der Waals surface area contributed by atoms with Gasteiger partial charge in [-0.15, -0.1) is 11.8 Å². The van der Waals surface area contributed by atoms with E-state index in [-0.39, 0.29) is 11.3 Å². The minimum absolute atomic E-state index is 0.00391. The van der Waals surface area contributed by atoms with Gasteiger partial charge in [-0.05, 0) is 50.7 Å². The molecule has 1 N–H and O–H groups in total. The SMILES string of the molecule is CSc1nc(=O)[nH]c(C)c1C(=O)N1CCC[C@@]2(CC=CCC2)C1. The van der Waals surface area contributed by atoms with Crippen molar-refractivity contribution < 1.29 is 4.79 Å². The van der Waals surface area contributed by atoms with Gasteiger partial charge in [0.15, 0.2) is 0 Å². The molecule has 1 fully saturated rings. The lowest BCUT2D eigenvalue weighted by atomic mass is 9.71. The highest BCUT2D eigenvalue weighted by Gasteiger charge is 2.37. The quantitative estimate of drug-likeness (QED) is 0.513. The molecule has 0 aromatic carbocycles. The van der Waals surface area contributed by atoms with Crippen molar-refractivity contribution >= 4 is 17.7 Å². The van der Waals surface area contributed by atoms with Gasteiger partial charge >= 0.3 is 5.69 Å². The number of aryl methyl sites for hydroxylation is 1. The van der Waals surface area contributed by atoms with Crippen LogP contribution in [0.25, 0.3) is 0 Å². The van der Waals surface area contributed by atoms with E-state index in [0.29, 0.717) is 16.3 Å². The van der Waals surface area contributed by atoms with Gasteiger partial charge in [0.1, 0.15) is 5.03 Å². The van der Waals surface area contributed by atoms with Crippen molar-refractivity contribution in [1.82, 2.24) is 14.9 Å². The molecule has 0 radical (unpaired) electrons. The zero-order chi connectivity index (χ0) is 16.4. The van der Waals surface area contributed by atoms with Crippen LogP contribution in [0.15, 0.2) is 22.0 Å². The van der Waals surface area contributed by atoms with E-state index in [0.717, 1.165) is 38.8 Å². The van der Waals surface area contributed by atoms with Crippen molar-refractivity contribution in [2.45, 2.75) is 44.1 Å². The molecule has 1 aromatic heterocycles. The van der Waals surface area contributed by atoms with Crippen LogP contribution in [0.4, 0.5) is 0 Å². The van der Waals surface area contributed by atoms with E-state index in [1.54, 1.807) is 6.92 Å². The normalized spacial score (nSPS) is 24.2. The van der Waals surface area contributed by atoms with Crippen molar-refractivity contribution in [2.24, 2.45) is 5.41 Å². The Hall–Kier alpha value is -1.56. The summed E-state index contributed by atoms with van der Waals surface area (Å²) in [4.78, 5) is 33.2. The maximum atomic E-state index is 13.1. The van der Waals surface area contributed by atoms with Crippen LogP contribution in [0, 0.1) is 12.3 Å². The van der Waals surface area contributed by atoms with E-state index in [1.165, 1.54) is 18.2 Å². The number of hydrogen-bond donors (Lipinski definition) is 1. The number of aromatic amines is 1. The molecule has 0 saturated carbocycles. The van der Waals surface area contributed by atoms with Crippen LogP contribution in [-0.4, -0.2) is 40.1 Å². The number of nitrogens with one attached hydrogen (secondary N) is 1. The molecule has 1 aliphatic carbocycles. The Morgan fingerprint density at radius 3 is 2.91 bits per heavy atom. The van der Waals surface area contributed by atoms with Gasteiger partial charge in [0.2, 0.25) is 0 Å². The van der Waals surface area contributed by atoms with Crippen LogP contribution in [-0.2, 0) is 0 Å². The molecule has 1 aromatic rings. The molecule has 5 nitrogen and oxygen atoms in total. The predicted molar refractivity (Wildman–Crippen MR) is 91.9 cm³/mol. The van der Waals surface area contributed by atoms with E-state index >= 15 is 0 Å². The number of hydrogen-bond acceptors (Lipinski definition) is 4. The van der Waals surface area contributed by atoms with Gasteiger partial charge in [-0.25, -0.2) is 4.79 Å². The number of rotatable bonds is 2. The zero-order valence-electron chi connectivity index (χ0n) is 13.7. The summed E-state index contributed by atoms with van der Waals surface area (Å²) >= 11 is 1.35. The highest BCUT2D eigenvalue weighted by Crippen LogP contribution is 2.41. The van der Waals surface area contributed by atoms with Crippen LogP contribution in [0.2, 0.25) is 0 Å². The Kier molecular flexibility index (Phi) is 4.62. The molecule has 23 heavy (non-hydrogen) atoms. The third-order valence-electron chi connectivity index (χ3n) is 5.00. The van der Waals surface area contributed by atoms with Crippen LogP contribution in [0.3, 0.4) is 0 Å². The highest BCUT2D eigenvalue weighted by molar-refractivity contribution is 7.98. The van der Waals surface area contributed by atoms with Crippen LogP contribution < -0.4 is 5.69 Å². The summed E-state index contributed by atoms with van der Waals surface area (Å²) in [6.45, 7) is 3.37. The maximum Gasteiger partial charge on any atom is 0.346 e. The average molecular weight is 333 g/mol. The summed E-state index contributed by atoms with van der Waals surface area (Å²) in [5, 5.41) is 0.527. The van der Waals surface area contributed by atoms with Gasteiger partial charge < -0.3 is 9.88 Å². The lowest BCUT2D eigenvalue weighted by molar-refractivity contribution is 0.0479. The van der Waals surface area contributed by atoms with Crippen LogP contribution >= 0.6 is 11.8 Å². The number of thioether (sulfide) groups is 1. The second-order valence-corrected chi connectivity index (χ2v) is 7.39. The molecule has 0 unspecified atom stereocenters. The smallest absolute Gasteiger partial charge is 0.338 e. The van der Waals surface area contributed by atoms with Crippen LogP contribution in [0.1, 0.15) is 48.2 Å². The summed E-state index contributed by atoms with van der Waals surface area (Å²) in [5.74, 6) is 0.00391. The predicted octanol–water partition coefficient (Wildman–Crippen LogP) is 2.76. The van der Waals surface area contributed by atoms with Crippen molar-refractivity contribution in [3.05, 3.63) is 33.9 Å². The van der Waals surface area contributed by atoms with E-state index in [9.17, 15) is 9.59 Å². The third-order valence-corrected chi connectivity index (χ3v) is 5.68. The van der Waals surface area contributed by atoms with Gasteiger partial charge in [0.05, 0.1) is 5.56 Å². The van der Waals surface area contributed by atoms with E-state index in [1.807, 2.05) is 11.2 Å². The Bertz CT molecular complexity index is 698. The van der Waals surface area contributed by atoms with E-state index < -0.39 is 5.69 Å². The molecule has 1 spiro atoms. The molecule has 6 heteroatoms. The number of carbonyl (C=O) groups is 1. The lowest BCUT2D eigenvalue weighted by Gasteiger charge is -2.44. The summed E-state index contributed by atoms with van der Waals surface area (Å²) in [6, 6.07) is 0. The molecule has 1 atom stereocenters. The van der Waals surface area contributed by atoms with Crippen molar-refractivity contribution in [3.8, 4) is 0 Å². The summed E-state index contributed by atoms with van der Waals surface area (Å²) in [7, 11) is 0. The van der Waals surface area contributed by atoms with Gasteiger partial charge in [-0.1, -0.05) is 12.2 Å². The Balaban J connectivity index is 1.88. The first-order valence-electron chi connectivity index (χ1n) is 8.14. The fourth-order valence-corrected chi connectivity index (χ4v) is 4.43. The van der Waals surface area contributed by atoms with Gasteiger partial charge in [0.25, 0.3) is 5.91 Å². The van der Waals surface area contributed by atoms with Crippen molar-refractivity contribution in [2.75, 3.05) is 19.3 Å². The first kappa shape index (κ1) is 16.3. The fourth-order valence-electron chi connectivity index (χ4n) is 3.81. The standard InChI is InChI=1S/C17H23N3O2S/c1-12-13(14(23-2)19-16(22)18-12)15(21)20-10-6-9-17(11-20)7-4-3-5-8-17/h3-4H,5-11H2,1-2H3,(H,18,19,22)/t17-/m0/s1. The van der Waals surface area contributed by atoms with Crippen LogP contribution in [0.5, 0.6) is 0 Å².